The molecule has 0 aliphatic rings. The molecular formula is C18H20N2O. The molecule has 1 aromatic carbocycles. The Morgan fingerprint density at radius 1 is 1.10 bits per heavy atom. The highest BCUT2D eigenvalue weighted by Crippen LogP contribution is 2.29. The number of pyridine rings is 1. The first kappa shape index (κ1) is 15.1. The number of benzene rings is 1. The quantitative estimate of drug-likeness (QED) is 0.811. The lowest BCUT2D eigenvalue weighted by Gasteiger charge is -2.13. The van der Waals surface area contributed by atoms with E-state index in [4.69, 9.17) is 4.74 Å². The fourth-order valence-corrected chi connectivity index (χ4v) is 2.48. The largest absolute Gasteiger partial charge is 0.438 e. The summed E-state index contributed by atoms with van der Waals surface area (Å²) < 4.78 is 5.84. The van der Waals surface area contributed by atoms with Crippen molar-refractivity contribution >= 4 is 0 Å². The Morgan fingerprint density at radius 2 is 1.81 bits per heavy atom. The molecule has 0 fully saturated rings. The summed E-state index contributed by atoms with van der Waals surface area (Å²) in [6.45, 7) is 10.2. The van der Waals surface area contributed by atoms with Crippen LogP contribution in [0.5, 0.6) is 11.6 Å². The van der Waals surface area contributed by atoms with E-state index >= 15 is 0 Å². The molecular weight excluding hydrogens is 260 g/mol. The molecule has 0 saturated heterocycles. The fourth-order valence-electron chi connectivity index (χ4n) is 2.48. The molecule has 0 amide bonds. The smallest absolute Gasteiger partial charge is 0.237 e. The van der Waals surface area contributed by atoms with Gasteiger partial charge in [0.2, 0.25) is 5.88 Å². The van der Waals surface area contributed by atoms with Gasteiger partial charge < -0.3 is 4.74 Å². The number of hydrogen-bond donors (Lipinski definition) is 0. The lowest BCUT2D eigenvalue weighted by Crippen LogP contribution is -1.98. The molecule has 0 N–H and O–H groups in total. The van der Waals surface area contributed by atoms with Gasteiger partial charge in [-0.05, 0) is 61.6 Å². The van der Waals surface area contributed by atoms with Gasteiger partial charge in [-0.2, -0.15) is 5.26 Å². The number of nitrogens with zero attached hydrogens (tertiary/aromatic N) is 2. The van der Waals surface area contributed by atoms with Crippen LogP contribution in [0.2, 0.25) is 0 Å². The summed E-state index contributed by atoms with van der Waals surface area (Å²) in [5, 5.41) is 9.27. The van der Waals surface area contributed by atoms with Gasteiger partial charge in [-0.15, -0.1) is 0 Å². The zero-order valence-corrected chi connectivity index (χ0v) is 13.2. The molecule has 1 aromatic heterocycles. The van der Waals surface area contributed by atoms with E-state index < -0.39 is 0 Å². The predicted molar refractivity (Wildman–Crippen MR) is 83.8 cm³/mol. The van der Waals surface area contributed by atoms with Crippen LogP contribution >= 0.6 is 0 Å². The minimum absolute atomic E-state index is 0.381. The van der Waals surface area contributed by atoms with Crippen molar-refractivity contribution in [1.29, 1.82) is 5.26 Å². The topological polar surface area (TPSA) is 45.9 Å². The molecule has 0 atom stereocenters. The Labute approximate surface area is 126 Å². The van der Waals surface area contributed by atoms with Crippen molar-refractivity contribution in [3.8, 4) is 17.7 Å². The Morgan fingerprint density at radius 3 is 2.38 bits per heavy atom. The molecule has 3 nitrogen and oxygen atoms in total. The number of aromatic nitrogens is 1. The van der Waals surface area contributed by atoms with Gasteiger partial charge in [-0.1, -0.05) is 19.9 Å². The first-order valence-corrected chi connectivity index (χ1v) is 7.09. The first-order valence-electron chi connectivity index (χ1n) is 7.09. The number of ether oxygens (including phenoxy) is 1. The van der Waals surface area contributed by atoms with E-state index in [0.717, 1.165) is 11.3 Å². The van der Waals surface area contributed by atoms with E-state index in [9.17, 15) is 5.26 Å². The third-order valence-electron chi connectivity index (χ3n) is 3.50. The van der Waals surface area contributed by atoms with Gasteiger partial charge in [0, 0.05) is 5.69 Å². The molecule has 2 aromatic rings. The molecule has 21 heavy (non-hydrogen) atoms. The van der Waals surface area contributed by atoms with Gasteiger partial charge >= 0.3 is 0 Å². The molecule has 0 bridgehead atoms. The van der Waals surface area contributed by atoms with E-state index in [1.54, 1.807) is 0 Å². The summed E-state index contributed by atoms with van der Waals surface area (Å²) in [6.07, 6.45) is 0. The highest BCUT2D eigenvalue weighted by atomic mass is 16.5. The molecule has 0 unspecified atom stereocenters. The van der Waals surface area contributed by atoms with Crippen LogP contribution in [0.4, 0.5) is 0 Å². The van der Waals surface area contributed by atoms with E-state index in [1.165, 1.54) is 11.1 Å². The second kappa shape index (κ2) is 5.97. The van der Waals surface area contributed by atoms with Crippen molar-refractivity contribution in [3.05, 3.63) is 52.2 Å². The van der Waals surface area contributed by atoms with Crippen molar-refractivity contribution in [2.24, 2.45) is 0 Å². The van der Waals surface area contributed by atoms with Crippen LogP contribution in [-0.4, -0.2) is 4.98 Å². The van der Waals surface area contributed by atoms with E-state index in [2.05, 4.69) is 37.9 Å². The summed E-state index contributed by atoms with van der Waals surface area (Å²) in [4.78, 5) is 4.34. The van der Waals surface area contributed by atoms with Gasteiger partial charge in [0.25, 0.3) is 0 Å². The first-order chi connectivity index (χ1) is 9.92. The summed E-state index contributed by atoms with van der Waals surface area (Å²) >= 11 is 0. The highest BCUT2D eigenvalue weighted by Gasteiger charge is 2.12. The third kappa shape index (κ3) is 3.22. The second-order valence-electron chi connectivity index (χ2n) is 5.65. The Balaban J connectivity index is 2.39. The lowest BCUT2D eigenvalue weighted by molar-refractivity contribution is 0.458. The zero-order valence-electron chi connectivity index (χ0n) is 13.2. The van der Waals surface area contributed by atoms with Crippen molar-refractivity contribution in [2.75, 3.05) is 0 Å². The summed E-state index contributed by atoms with van der Waals surface area (Å²) in [5.41, 5.74) is 4.71. The van der Waals surface area contributed by atoms with Crippen molar-refractivity contribution in [3.63, 3.8) is 0 Å². The number of rotatable bonds is 3. The fraction of sp³-hybridized carbons (Fsp3) is 0.333. The number of nitriles is 1. The molecule has 2 rings (SSSR count). The minimum Gasteiger partial charge on any atom is -0.438 e. The summed E-state index contributed by atoms with van der Waals surface area (Å²) in [7, 11) is 0. The van der Waals surface area contributed by atoms with Crippen LogP contribution in [0.25, 0.3) is 0 Å². The predicted octanol–water partition coefficient (Wildman–Crippen LogP) is 4.79. The standard InChI is InChI=1S/C18H20N2O/c1-11(2)16-7-6-15(9-13(16)4)21-18-17(10-19)12(3)8-14(5)20-18/h6-9,11H,1-5H3. The molecule has 0 aliphatic heterocycles. The number of hydrogen-bond acceptors (Lipinski definition) is 3. The maximum atomic E-state index is 9.27. The average molecular weight is 280 g/mol. The SMILES string of the molecule is Cc1cc(C)c(C#N)c(Oc2ccc(C(C)C)c(C)c2)n1. The van der Waals surface area contributed by atoms with Gasteiger partial charge in [0.05, 0.1) is 0 Å². The Bertz CT molecular complexity index is 712. The van der Waals surface area contributed by atoms with Crippen LogP contribution in [0, 0.1) is 32.1 Å². The van der Waals surface area contributed by atoms with E-state index in [1.807, 2.05) is 32.0 Å². The van der Waals surface area contributed by atoms with Crippen LogP contribution in [-0.2, 0) is 0 Å². The average Bonchev–Trinajstić information content (AvgIpc) is 2.37. The molecule has 0 radical (unpaired) electrons. The summed E-state index contributed by atoms with van der Waals surface area (Å²) in [6, 6.07) is 10.1. The third-order valence-corrected chi connectivity index (χ3v) is 3.50. The highest BCUT2D eigenvalue weighted by molar-refractivity contribution is 5.47. The zero-order chi connectivity index (χ0) is 15.6. The van der Waals surface area contributed by atoms with Gasteiger partial charge in [-0.25, -0.2) is 4.98 Å². The Kier molecular flexibility index (Phi) is 4.28. The maximum Gasteiger partial charge on any atom is 0.237 e. The molecule has 0 saturated carbocycles. The van der Waals surface area contributed by atoms with Crippen LogP contribution in [0.3, 0.4) is 0 Å². The van der Waals surface area contributed by atoms with Crippen LogP contribution in [0.15, 0.2) is 24.3 Å². The second-order valence-corrected chi connectivity index (χ2v) is 5.65. The Hall–Kier alpha value is -2.34. The van der Waals surface area contributed by atoms with Crippen LogP contribution in [0.1, 0.15) is 47.7 Å². The van der Waals surface area contributed by atoms with Crippen molar-refractivity contribution in [2.45, 2.75) is 40.5 Å². The van der Waals surface area contributed by atoms with E-state index in [0.29, 0.717) is 23.1 Å². The molecule has 0 spiro atoms. The molecule has 3 heteroatoms. The van der Waals surface area contributed by atoms with Crippen molar-refractivity contribution < 1.29 is 4.74 Å². The van der Waals surface area contributed by atoms with Crippen molar-refractivity contribution in [1.82, 2.24) is 4.98 Å². The summed E-state index contributed by atoms with van der Waals surface area (Å²) in [5.74, 6) is 1.57. The van der Waals surface area contributed by atoms with Gasteiger partial charge in [-0.3, -0.25) is 0 Å². The van der Waals surface area contributed by atoms with E-state index in [-0.39, 0.29) is 0 Å². The molecule has 0 aliphatic carbocycles. The van der Waals surface area contributed by atoms with Crippen LogP contribution < -0.4 is 4.74 Å². The monoisotopic (exact) mass is 280 g/mol. The number of aryl methyl sites for hydroxylation is 3. The molecule has 108 valence electrons. The minimum atomic E-state index is 0.381. The maximum absolute atomic E-state index is 9.27. The lowest BCUT2D eigenvalue weighted by atomic mass is 9.98. The van der Waals surface area contributed by atoms with Gasteiger partial charge in [0.15, 0.2) is 0 Å². The van der Waals surface area contributed by atoms with Gasteiger partial charge in [0.1, 0.15) is 17.4 Å². The molecule has 1 heterocycles. The normalized spacial score (nSPS) is 10.5.